The van der Waals surface area contributed by atoms with Gasteiger partial charge in [-0.2, -0.15) is 0 Å². The molecule has 150 valence electrons. The second-order valence-corrected chi connectivity index (χ2v) is 8.02. The average Bonchev–Trinajstić information content (AvgIpc) is 2.69. The molecule has 0 atom stereocenters. The van der Waals surface area contributed by atoms with Gasteiger partial charge in [0, 0.05) is 30.9 Å². The second-order valence-electron chi connectivity index (χ2n) is 6.25. The van der Waals surface area contributed by atoms with E-state index >= 15 is 0 Å². The van der Waals surface area contributed by atoms with Crippen molar-refractivity contribution in [1.82, 2.24) is 4.72 Å². The standard InChI is InChI=1S/C19H22FN3O4S/c1-2-21-28(25,26)16-5-3-4-14(12-16)19(24)22-15-6-7-18(17(20)13-15)23-8-10-27-11-9-23/h3-7,12-13,21H,2,8-11H2,1H3,(H,22,24). The Balaban J connectivity index is 1.75. The maximum Gasteiger partial charge on any atom is 0.255 e. The summed E-state index contributed by atoms with van der Waals surface area (Å²) in [5, 5.41) is 2.60. The number of rotatable bonds is 6. The molecule has 1 fully saturated rings. The van der Waals surface area contributed by atoms with Gasteiger partial charge in [-0.25, -0.2) is 17.5 Å². The van der Waals surface area contributed by atoms with E-state index in [2.05, 4.69) is 10.0 Å². The van der Waals surface area contributed by atoms with Gasteiger partial charge in [0.1, 0.15) is 5.82 Å². The lowest BCUT2D eigenvalue weighted by molar-refractivity contribution is 0.102. The average molecular weight is 407 g/mol. The molecule has 2 aromatic carbocycles. The SMILES string of the molecule is CCNS(=O)(=O)c1cccc(C(=O)Nc2ccc(N3CCOCC3)c(F)c2)c1. The van der Waals surface area contributed by atoms with Crippen molar-refractivity contribution in [2.75, 3.05) is 43.1 Å². The number of halogens is 1. The molecule has 28 heavy (non-hydrogen) atoms. The van der Waals surface area contributed by atoms with E-state index in [4.69, 9.17) is 4.74 Å². The molecule has 0 spiro atoms. The van der Waals surface area contributed by atoms with E-state index in [1.54, 1.807) is 19.1 Å². The maximum absolute atomic E-state index is 14.5. The molecule has 2 N–H and O–H groups in total. The van der Waals surface area contributed by atoms with Gasteiger partial charge in [0.2, 0.25) is 10.0 Å². The predicted octanol–water partition coefficient (Wildman–Crippen LogP) is 2.21. The van der Waals surface area contributed by atoms with Crippen molar-refractivity contribution in [3.05, 3.63) is 53.8 Å². The molecule has 0 radical (unpaired) electrons. The summed E-state index contributed by atoms with van der Waals surface area (Å²) in [4.78, 5) is 14.4. The van der Waals surface area contributed by atoms with Gasteiger partial charge in [0.15, 0.2) is 0 Å². The molecular formula is C19H22FN3O4S. The van der Waals surface area contributed by atoms with Crippen LogP contribution >= 0.6 is 0 Å². The molecule has 7 nitrogen and oxygen atoms in total. The lowest BCUT2D eigenvalue weighted by atomic mass is 10.2. The smallest absolute Gasteiger partial charge is 0.255 e. The van der Waals surface area contributed by atoms with Crippen LogP contribution in [0.15, 0.2) is 47.4 Å². The number of amides is 1. The third kappa shape index (κ3) is 4.67. The molecule has 9 heteroatoms. The molecular weight excluding hydrogens is 385 g/mol. The maximum atomic E-state index is 14.5. The van der Waals surface area contributed by atoms with E-state index < -0.39 is 21.7 Å². The van der Waals surface area contributed by atoms with Crippen molar-refractivity contribution < 1.29 is 22.3 Å². The lowest BCUT2D eigenvalue weighted by Crippen LogP contribution is -2.36. The van der Waals surface area contributed by atoms with E-state index in [9.17, 15) is 17.6 Å². The molecule has 1 amide bonds. The van der Waals surface area contributed by atoms with Crippen LogP contribution in [0.2, 0.25) is 0 Å². The number of hydrogen-bond donors (Lipinski definition) is 2. The zero-order chi connectivity index (χ0) is 20.1. The van der Waals surface area contributed by atoms with Crippen LogP contribution in [0.4, 0.5) is 15.8 Å². The molecule has 3 rings (SSSR count). The Kier molecular flexibility index (Phi) is 6.28. The van der Waals surface area contributed by atoms with Crippen LogP contribution in [-0.4, -0.2) is 47.2 Å². The van der Waals surface area contributed by atoms with Crippen molar-refractivity contribution in [3.8, 4) is 0 Å². The van der Waals surface area contributed by atoms with E-state index in [0.717, 1.165) is 0 Å². The highest BCUT2D eigenvalue weighted by atomic mass is 32.2. The van der Waals surface area contributed by atoms with Crippen LogP contribution in [-0.2, 0) is 14.8 Å². The van der Waals surface area contributed by atoms with Gasteiger partial charge in [-0.05, 0) is 36.4 Å². The summed E-state index contributed by atoms with van der Waals surface area (Å²) in [7, 11) is -3.67. The zero-order valence-corrected chi connectivity index (χ0v) is 16.3. The van der Waals surface area contributed by atoms with E-state index in [1.165, 1.54) is 30.3 Å². The minimum Gasteiger partial charge on any atom is -0.378 e. The largest absolute Gasteiger partial charge is 0.378 e. The minimum absolute atomic E-state index is 0.00385. The highest BCUT2D eigenvalue weighted by molar-refractivity contribution is 7.89. The molecule has 1 aliphatic heterocycles. The van der Waals surface area contributed by atoms with Crippen molar-refractivity contribution in [2.45, 2.75) is 11.8 Å². The number of nitrogens with one attached hydrogen (secondary N) is 2. The number of ether oxygens (including phenoxy) is 1. The first-order valence-electron chi connectivity index (χ1n) is 8.94. The highest BCUT2D eigenvalue weighted by Gasteiger charge is 2.17. The van der Waals surface area contributed by atoms with Gasteiger partial charge >= 0.3 is 0 Å². The van der Waals surface area contributed by atoms with Crippen LogP contribution in [0.3, 0.4) is 0 Å². The fourth-order valence-electron chi connectivity index (χ4n) is 2.93. The number of sulfonamides is 1. The summed E-state index contributed by atoms with van der Waals surface area (Å²) in [6.07, 6.45) is 0. The summed E-state index contributed by atoms with van der Waals surface area (Å²) in [6.45, 7) is 4.22. The van der Waals surface area contributed by atoms with E-state index in [0.29, 0.717) is 37.7 Å². The van der Waals surface area contributed by atoms with E-state index in [1.807, 2.05) is 4.90 Å². The summed E-state index contributed by atoms with van der Waals surface area (Å²) in [5.41, 5.74) is 0.913. The van der Waals surface area contributed by atoms with Crippen LogP contribution in [0, 0.1) is 5.82 Å². The van der Waals surface area contributed by atoms with Gasteiger partial charge < -0.3 is 15.0 Å². The Morgan fingerprint density at radius 2 is 1.93 bits per heavy atom. The minimum atomic E-state index is -3.67. The Morgan fingerprint density at radius 1 is 1.18 bits per heavy atom. The molecule has 1 heterocycles. The predicted molar refractivity (Wildman–Crippen MR) is 105 cm³/mol. The number of benzene rings is 2. The normalized spacial score (nSPS) is 14.7. The van der Waals surface area contributed by atoms with Crippen LogP contribution in [0.5, 0.6) is 0 Å². The summed E-state index contributed by atoms with van der Waals surface area (Å²) >= 11 is 0. The number of hydrogen-bond acceptors (Lipinski definition) is 5. The zero-order valence-electron chi connectivity index (χ0n) is 15.4. The summed E-state index contributed by atoms with van der Waals surface area (Å²) in [6, 6.07) is 10.2. The Hall–Kier alpha value is -2.49. The van der Waals surface area contributed by atoms with Crippen LogP contribution in [0.1, 0.15) is 17.3 Å². The molecule has 1 saturated heterocycles. The molecule has 1 aliphatic rings. The van der Waals surface area contributed by atoms with Gasteiger partial charge in [-0.15, -0.1) is 0 Å². The van der Waals surface area contributed by atoms with Crippen LogP contribution < -0.4 is 14.9 Å². The molecule has 0 bridgehead atoms. The van der Waals surface area contributed by atoms with Crippen molar-refractivity contribution in [1.29, 1.82) is 0 Å². The molecule has 2 aromatic rings. The van der Waals surface area contributed by atoms with Gasteiger partial charge in [0.05, 0.1) is 23.8 Å². The van der Waals surface area contributed by atoms with Crippen molar-refractivity contribution >= 4 is 27.3 Å². The van der Waals surface area contributed by atoms with Gasteiger partial charge in [-0.1, -0.05) is 13.0 Å². The summed E-state index contributed by atoms with van der Waals surface area (Å²) in [5.74, 6) is -0.963. The monoisotopic (exact) mass is 407 g/mol. The lowest BCUT2D eigenvalue weighted by Gasteiger charge is -2.29. The molecule has 0 saturated carbocycles. The fraction of sp³-hybridized carbons (Fsp3) is 0.316. The summed E-state index contributed by atoms with van der Waals surface area (Å²) < 4.78 is 46.3. The second kappa shape index (κ2) is 8.68. The Labute approximate surface area is 163 Å². The van der Waals surface area contributed by atoms with Gasteiger partial charge in [0.25, 0.3) is 5.91 Å². The van der Waals surface area contributed by atoms with Crippen molar-refractivity contribution in [3.63, 3.8) is 0 Å². The number of morpholine rings is 1. The van der Waals surface area contributed by atoms with Crippen LogP contribution in [0.25, 0.3) is 0 Å². The van der Waals surface area contributed by atoms with E-state index in [-0.39, 0.29) is 17.0 Å². The molecule has 0 unspecified atom stereocenters. The molecule has 0 aliphatic carbocycles. The topological polar surface area (TPSA) is 87.7 Å². The quantitative estimate of drug-likeness (QED) is 0.767. The first kappa shape index (κ1) is 20.2. The number of anilines is 2. The Bertz CT molecular complexity index is 959. The Morgan fingerprint density at radius 3 is 2.61 bits per heavy atom. The third-order valence-electron chi connectivity index (χ3n) is 4.30. The first-order valence-corrected chi connectivity index (χ1v) is 10.4. The number of carbonyl (C=O) groups is 1. The highest BCUT2D eigenvalue weighted by Crippen LogP contribution is 2.24. The van der Waals surface area contributed by atoms with Gasteiger partial charge in [-0.3, -0.25) is 4.79 Å². The number of nitrogens with zero attached hydrogens (tertiary/aromatic N) is 1. The third-order valence-corrected chi connectivity index (χ3v) is 5.84. The van der Waals surface area contributed by atoms with Crippen molar-refractivity contribution in [2.24, 2.45) is 0 Å². The first-order chi connectivity index (χ1) is 13.4. The molecule has 0 aromatic heterocycles. The fourth-order valence-corrected chi connectivity index (χ4v) is 4.01. The number of carbonyl (C=O) groups excluding carboxylic acids is 1.